The first-order chi connectivity index (χ1) is 9.04. The molecule has 4 heteroatoms. The van der Waals surface area contributed by atoms with Crippen LogP contribution in [0.4, 0.5) is 5.69 Å². The standard InChI is InChI=1S/C15H18N2O2/c1-10-5-6-13(12(8-10)9-16)17-7-3-4-11(2)14(17)15(18)19/h5-6,8,11,14H,3-4,7H2,1-2H3,(H,18,19). The first kappa shape index (κ1) is 13.4. The van der Waals surface area contributed by atoms with Gasteiger partial charge < -0.3 is 10.0 Å². The van der Waals surface area contributed by atoms with Crippen molar-refractivity contribution in [2.24, 2.45) is 5.92 Å². The molecule has 2 atom stereocenters. The van der Waals surface area contributed by atoms with Crippen molar-refractivity contribution >= 4 is 11.7 Å². The minimum atomic E-state index is -0.809. The third-order valence-corrected chi connectivity index (χ3v) is 3.77. The van der Waals surface area contributed by atoms with Gasteiger partial charge in [-0.05, 0) is 43.4 Å². The van der Waals surface area contributed by atoms with Gasteiger partial charge in [-0.1, -0.05) is 13.0 Å². The van der Waals surface area contributed by atoms with E-state index in [-0.39, 0.29) is 5.92 Å². The summed E-state index contributed by atoms with van der Waals surface area (Å²) in [6.45, 7) is 4.59. The summed E-state index contributed by atoms with van der Waals surface area (Å²) >= 11 is 0. The van der Waals surface area contributed by atoms with E-state index in [2.05, 4.69) is 6.07 Å². The van der Waals surface area contributed by atoms with E-state index in [1.54, 1.807) is 0 Å². The van der Waals surface area contributed by atoms with Crippen LogP contribution in [-0.4, -0.2) is 23.7 Å². The third-order valence-electron chi connectivity index (χ3n) is 3.77. The fourth-order valence-electron chi connectivity index (χ4n) is 2.82. The quantitative estimate of drug-likeness (QED) is 0.885. The number of nitriles is 1. The Morgan fingerprint density at radius 3 is 2.89 bits per heavy atom. The van der Waals surface area contributed by atoms with Crippen molar-refractivity contribution in [2.45, 2.75) is 32.7 Å². The van der Waals surface area contributed by atoms with E-state index in [0.29, 0.717) is 12.1 Å². The predicted molar refractivity (Wildman–Crippen MR) is 73.1 cm³/mol. The molecule has 0 bridgehead atoms. The van der Waals surface area contributed by atoms with Crippen molar-refractivity contribution in [3.8, 4) is 6.07 Å². The molecular formula is C15H18N2O2. The number of piperidine rings is 1. The van der Waals surface area contributed by atoms with Gasteiger partial charge in [0.05, 0.1) is 11.3 Å². The van der Waals surface area contributed by atoms with Crippen molar-refractivity contribution in [2.75, 3.05) is 11.4 Å². The fourth-order valence-corrected chi connectivity index (χ4v) is 2.82. The average Bonchev–Trinajstić information content (AvgIpc) is 2.37. The second kappa shape index (κ2) is 5.31. The number of aryl methyl sites for hydroxylation is 1. The molecule has 2 unspecified atom stereocenters. The van der Waals surface area contributed by atoms with Crippen LogP contribution in [0.2, 0.25) is 0 Å². The van der Waals surface area contributed by atoms with Gasteiger partial charge in [-0.2, -0.15) is 5.26 Å². The zero-order valence-electron chi connectivity index (χ0n) is 11.3. The van der Waals surface area contributed by atoms with E-state index < -0.39 is 12.0 Å². The first-order valence-corrected chi connectivity index (χ1v) is 6.55. The molecule has 1 aromatic carbocycles. The molecule has 2 rings (SSSR count). The van der Waals surface area contributed by atoms with E-state index in [1.807, 2.05) is 36.9 Å². The lowest BCUT2D eigenvalue weighted by Gasteiger charge is -2.39. The van der Waals surface area contributed by atoms with Crippen LogP contribution in [0.3, 0.4) is 0 Å². The number of carbonyl (C=O) groups is 1. The Labute approximate surface area is 113 Å². The molecule has 0 amide bonds. The lowest BCUT2D eigenvalue weighted by molar-refractivity contribution is -0.140. The largest absolute Gasteiger partial charge is 0.480 e. The van der Waals surface area contributed by atoms with Crippen molar-refractivity contribution in [1.29, 1.82) is 5.26 Å². The molecule has 1 heterocycles. The highest BCUT2D eigenvalue weighted by molar-refractivity contribution is 5.80. The Balaban J connectivity index is 2.44. The van der Waals surface area contributed by atoms with E-state index in [0.717, 1.165) is 24.1 Å². The second-order valence-electron chi connectivity index (χ2n) is 5.23. The highest BCUT2D eigenvalue weighted by atomic mass is 16.4. The molecule has 4 nitrogen and oxygen atoms in total. The summed E-state index contributed by atoms with van der Waals surface area (Å²) in [7, 11) is 0. The van der Waals surface area contributed by atoms with Gasteiger partial charge in [0, 0.05) is 6.54 Å². The topological polar surface area (TPSA) is 64.3 Å². The monoisotopic (exact) mass is 258 g/mol. The number of rotatable bonds is 2. The van der Waals surface area contributed by atoms with Gasteiger partial charge in [0.1, 0.15) is 12.1 Å². The Bertz CT molecular complexity index is 533. The smallest absolute Gasteiger partial charge is 0.326 e. The SMILES string of the molecule is Cc1ccc(N2CCCC(C)C2C(=O)O)c(C#N)c1. The predicted octanol–water partition coefficient (Wildman–Crippen LogP) is 2.56. The number of carboxylic acid groups (broad SMARTS) is 1. The maximum atomic E-state index is 11.5. The van der Waals surface area contributed by atoms with Gasteiger partial charge in [0.15, 0.2) is 0 Å². The van der Waals surface area contributed by atoms with Crippen molar-refractivity contribution in [1.82, 2.24) is 0 Å². The summed E-state index contributed by atoms with van der Waals surface area (Å²) < 4.78 is 0. The lowest BCUT2D eigenvalue weighted by Crippen LogP contribution is -2.49. The van der Waals surface area contributed by atoms with Crippen LogP contribution >= 0.6 is 0 Å². The number of hydrogen-bond acceptors (Lipinski definition) is 3. The normalized spacial score (nSPS) is 22.9. The minimum absolute atomic E-state index is 0.0964. The summed E-state index contributed by atoms with van der Waals surface area (Å²) in [4.78, 5) is 13.4. The number of benzene rings is 1. The second-order valence-corrected chi connectivity index (χ2v) is 5.23. The summed E-state index contributed by atoms with van der Waals surface area (Å²) in [5.74, 6) is -0.712. The van der Waals surface area contributed by atoms with E-state index in [9.17, 15) is 15.2 Å². The number of nitrogens with zero attached hydrogens (tertiary/aromatic N) is 2. The molecule has 1 N–H and O–H groups in total. The summed E-state index contributed by atoms with van der Waals surface area (Å²) in [6, 6.07) is 7.24. The summed E-state index contributed by atoms with van der Waals surface area (Å²) in [6.07, 6.45) is 1.88. The highest BCUT2D eigenvalue weighted by Crippen LogP contribution is 2.31. The van der Waals surface area contributed by atoms with Crippen molar-refractivity contribution in [3.05, 3.63) is 29.3 Å². The molecular weight excluding hydrogens is 240 g/mol. The molecule has 0 aliphatic carbocycles. The summed E-state index contributed by atoms with van der Waals surface area (Å²) in [5.41, 5.74) is 2.31. The molecule has 0 spiro atoms. The van der Waals surface area contributed by atoms with Crippen LogP contribution < -0.4 is 4.90 Å². The van der Waals surface area contributed by atoms with Gasteiger partial charge in [-0.25, -0.2) is 4.79 Å². The Kier molecular flexibility index (Phi) is 3.75. The number of carboxylic acids is 1. The maximum absolute atomic E-state index is 11.5. The molecule has 1 aliphatic heterocycles. The van der Waals surface area contributed by atoms with Crippen LogP contribution in [0.15, 0.2) is 18.2 Å². The van der Waals surface area contributed by atoms with Crippen LogP contribution in [0, 0.1) is 24.2 Å². The Hall–Kier alpha value is -2.02. The van der Waals surface area contributed by atoms with Gasteiger partial charge in [-0.3, -0.25) is 0 Å². The van der Waals surface area contributed by atoms with Crippen molar-refractivity contribution < 1.29 is 9.90 Å². The highest BCUT2D eigenvalue weighted by Gasteiger charge is 2.35. The minimum Gasteiger partial charge on any atom is -0.480 e. The molecule has 0 saturated carbocycles. The number of anilines is 1. The van der Waals surface area contributed by atoms with Crippen LogP contribution in [0.5, 0.6) is 0 Å². The molecule has 1 saturated heterocycles. The van der Waals surface area contributed by atoms with Crippen LogP contribution in [-0.2, 0) is 4.79 Å². The zero-order chi connectivity index (χ0) is 14.0. The number of aliphatic carboxylic acids is 1. The lowest BCUT2D eigenvalue weighted by atomic mass is 9.89. The third kappa shape index (κ3) is 2.55. The molecule has 0 radical (unpaired) electrons. The van der Waals surface area contributed by atoms with Gasteiger partial charge in [-0.15, -0.1) is 0 Å². The molecule has 0 aromatic heterocycles. The molecule has 1 aromatic rings. The Morgan fingerprint density at radius 2 is 2.26 bits per heavy atom. The Morgan fingerprint density at radius 1 is 1.53 bits per heavy atom. The van der Waals surface area contributed by atoms with Crippen LogP contribution in [0.1, 0.15) is 30.9 Å². The van der Waals surface area contributed by atoms with E-state index in [4.69, 9.17) is 0 Å². The van der Waals surface area contributed by atoms with E-state index in [1.165, 1.54) is 0 Å². The van der Waals surface area contributed by atoms with Crippen molar-refractivity contribution in [3.63, 3.8) is 0 Å². The van der Waals surface area contributed by atoms with Crippen LogP contribution in [0.25, 0.3) is 0 Å². The van der Waals surface area contributed by atoms with E-state index >= 15 is 0 Å². The van der Waals surface area contributed by atoms with Gasteiger partial charge in [0.25, 0.3) is 0 Å². The molecule has 100 valence electrons. The number of hydrogen-bond donors (Lipinski definition) is 1. The van der Waals surface area contributed by atoms with Gasteiger partial charge in [0.2, 0.25) is 0 Å². The summed E-state index contributed by atoms with van der Waals surface area (Å²) in [5, 5.41) is 18.7. The average molecular weight is 258 g/mol. The maximum Gasteiger partial charge on any atom is 0.326 e. The molecule has 19 heavy (non-hydrogen) atoms. The van der Waals surface area contributed by atoms with Gasteiger partial charge >= 0.3 is 5.97 Å². The fraction of sp³-hybridized carbons (Fsp3) is 0.467. The zero-order valence-corrected chi connectivity index (χ0v) is 11.3. The first-order valence-electron chi connectivity index (χ1n) is 6.55. The molecule has 1 aliphatic rings. The molecule has 1 fully saturated rings.